The monoisotopic (exact) mass is 401 g/mol. The summed E-state index contributed by atoms with van der Waals surface area (Å²) in [7, 11) is 0. The van der Waals surface area contributed by atoms with Gasteiger partial charge in [-0.05, 0) is 53.6 Å². The van der Waals surface area contributed by atoms with E-state index in [0.29, 0.717) is 27.8 Å². The predicted molar refractivity (Wildman–Crippen MR) is 110 cm³/mol. The number of hydrogen-bond donors (Lipinski definition) is 0. The number of aromatic nitrogens is 3. The number of rotatable bonds is 3. The molecule has 146 valence electrons. The van der Waals surface area contributed by atoms with Gasteiger partial charge in [-0.1, -0.05) is 18.2 Å². The third-order valence-corrected chi connectivity index (χ3v) is 5.00. The average Bonchev–Trinajstić information content (AvgIpc) is 3.17. The van der Waals surface area contributed by atoms with Crippen molar-refractivity contribution in [2.24, 2.45) is 0 Å². The van der Waals surface area contributed by atoms with Crippen LogP contribution in [0.4, 0.5) is 13.2 Å². The Morgan fingerprint density at radius 1 is 0.733 bits per heavy atom. The van der Waals surface area contributed by atoms with Crippen molar-refractivity contribution in [2.45, 2.75) is 0 Å². The lowest BCUT2D eigenvalue weighted by molar-refractivity contribution is 0.585. The molecule has 0 spiro atoms. The SMILES string of the molecule is Fc1ccc(-c2cccc(-n3cnc4cc(-c5ccncc5F)ccc43)c2)c(F)c1. The van der Waals surface area contributed by atoms with Crippen LogP contribution in [0.25, 0.3) is 39.0 Å². The second-order valence-corrected chi connectivity index (χ2v) is 6.85. The van der Waals surface area contributed by atoms with E-state index in [0.717, 1.165) is 17.3 Å². The molecule has 0 bridgehead atoms. The van der Waals surface area contributed by atoms with E-state index in [1.807, 2.05) is 34.9 Å². The summed E-state index contributed by atoms with van der Waals surface area (Å²) in [6, 6.07) is 17.9. The maximum Gasteiger partial charge on any atom is 0.149 e. The molecule has 5 aromatic rings. The summed E-state index contributed by atoms with van der Waals surface area (Å²) < 4.78 is 43.4. The standard InChI is InChI=1S/C24H14F3N3/c25-17-5-6-19(21(26)12-17)15-2-1-3-18(10-15)30-14-29-23-11-16(4-7-24(23)30)20-8-9-28-13-22(20)27/h1-14H. The lowest BCUT2D eigenvalue weighted by Gasteiger charge is -2.09. The maximum absolute atomic E-state index is 14.2. The first-order valence-electron chi connectivity index (χ1n) is 9.23. The molecule has 30 heavy (non-hydrogen) atoms. The molecule has 0 unspecified atom stereocenters. The van der Waals surface area contributed by atoms with E-state index < -0.39 is 17.5 Å². The zero-order chi connectivity index (χ0) is 20.7. The van der Waals surface area contributed by atoms with Crippen molar-refractivity contribution in [1.82, 2.24) is 14.5 Å². The molecule has 0 fully saturated rings. The van der Waals surface area contributed by atoms with Gasteiger partial charge in [-0.15, -0.1) is 0 Å². The molecule has 0 aliphatic carbocycles. The van der Waals surface area contributed by atoms with E-state index >= 15 is 0 Å². The zero-order valence-electron chi connectivity index (χ0n) is 15.6. The molecule has 3 aromatic carbocycles. The highest BCUT2D eigenvalue weighted by atomic mass is 19.1. The van der Waals surface area contributed by atoms with Crippen LogP contribution in [-0.4, -0.2) is 14.5 Å². The van der Waals surface area contributed by atoms with Gasteiger partial charge in [0.05, 0.1) is 17.2 Å². The second kappa shape index (κ2) is 7.15. The third kappa shape index (κ3) is 3.12. The van der Waals surface area contributed by atoms with Crippen molar-refractivity contribution in [3.8, 4) is 27.9 Å². The third-order valence-electron chi connectivity index (χ3n) is 5.00. The molecule has 0 saturated heterocycles. The lowest BCUT2D eigenvalue weighted by atomic mass is 10.0. The number of benzene rings is 3. The van der Waals surface area contributed by atoms with E-state index in [4.69, 9.17) is 0 Å². The van der Waals surface area contributed by atoms with Crippen LogP contribution >= 0.6 is 0 Å². The summed E-state index contributed by atoms with van der Waals surface area (Å²) in [5.41, 5.74) is 4.40. The van der Waals surface area contributed by atoms with E-state index in [9.17, 15) is 13.2 Å². The minimum Gasteiger partial charge on any atom is -0.299 e. The summed E-state index contributed by atoms with van der Waals surface area (Å²) in [4.78, 5) is 8.22. The van der Waals surface area contributed by atoms with Gasteiger partial charge in [-0.25, -0.2) is 18.2 Å². The Kier molecular flexibility index (Phi) is 4.32. The fourth-order valence-electron chi connectivity index (χ4n) is 3.54. The Balaban J connectivity index is 1.58. The van der Waals surface area contributed by atoms with Crippen LogP contribution in [0, 0.1) is 17.5 Å². The maximum atomic E-state index is 14.2. The largest absolute Gasteiger partial charge is 0.299 e. The summed E-state index contributed by atoms with van der Waals surface area (Å²) in [5.74, 6) is -1.63. The van der Waals surface area contributed by atoms with E-state index in [1.54, 1.807) is 30.7 Å². The highest BCUT2D eigenvalue weighted by Crippen LogP contribution is 2.29. The molecule has 5 rings (SSSR count). The number of imidazole rings is 1. The highest BCUT2D eigenvalue weighted by molar-refractivity contribution is 5.83. The van der Waals surface area contributed by atoms with Gasteiger partial charge >= 0.3 is 0 Å². The Morgan fingerprint density at radius 3 is 2.40 bits per heavy atom. The Labute approximate surface area is 170 Å². The van der Waals surface area contributed by atoms with Crippen LogP contribution in [0.1, 0.15) is 0 Å². The smallest absolute Gasteiger partial charge is 0.149 e. The van der Waals surface area contributed by atoms with Gasteiger partial charge in [-0.2, -0.15) is 0 Å². The topological polar surface area (TPSA) is 30.7 Å². The zero-order valence-corrected chi connectivity index (χ0v) is 15.6. The first-order valence-corrected chi connectivity index (χ1v) is 9.23. The van der Waals surface area contributed by atoms with E-state index in [-0.39, 0.29) is 0 Å². The van der Waals surface area contributed by atoms with Gasteiger partial charge in [0.25, 0.3) is 0 Å². The fourth-order valence-corrected chi connectivity index (χ4v) is 3.54. The lowest BCUT2D eigenvalue weighted by Crippen LogP contribution is -1.94. The molecule has 0 saturated carbocycles. The fraction of sp³-hybridized carbons (Fsp3) is 0. The summed E-state index contributed by atoms with van der Waals surface area (Å²) in [6.07, 6.45) is 4.39. The number of fused-ring (bicyclic) bond motifs is 1. The number of nitrogens with zero attached hydrogens (tertiary/aromatic N) is 3. The molecule has 2 aromatic heterocycles. The van der Waals surface area contributed by atoms with Gasteiger partial charge in [0.15, 0.2) is 0 Å². The molecule has 3 nitrogen and oxygen atoms in total. The van der Waals surface area contributed by atoms with Crippen LogP contribution < -0.4 is 0 Å². The highest BCUT2D eigenvalue weighted by Gasteiger charge is 2.11. The summed E-state index contributed by atoms with van der Waals surface area (Å²) in [5, 5.41) is 0. The molecule has 0 N–H and O–H groups in total. The number of halogens is 3. The molecule has 0 aliphatic heterocycles. The molecule has 2 heterocycles. The Bertz CT molecular complexity index is 1390. The first kappa shape index (κ1) is 18.1. The van der Waals surface area contributed by atoms with Gasteiger partial charge in [-0.3, -0.25) is 9.55 Å². The minimum atomic E-state index is -0.619. The molecular formula is C24H14F3N3. The number of pyridine rings is 1. The van der Waals surface area contributed by atoms with Crippen LogP contribution in [-0.2, 0) is 0 Å². The van der Waals surface area contributed by atoms with Crippen LogP contribution in [0.15, 0.2) is 85.5 Å². The van der Waals surface area contributed by atoms with Crippen molar-refractivity contribution in [1.29, 1.82) is 0 Å². The Hall–Kier alpha value is -3.93. The van der Waals surface area contributed by atoms with Gasteiger partial charge in [0.2, 0.25) is 0 Å². The van der Waals surface area contributed by atoms with Crippen LogP contribution in [0.3, 0.4) is 0 Å². The molecule has 0 aliphatic rings. The molecular weight excluding hydrogens is 387 g/mol. The summed E-state index contributed by atoms with van der Waals surface area (Å²) in [6.45, 7) is 0. The van der Waals surface area contributed by atoms with Gasteiger partial charge in [0, 0.05) is 29.1 Å². The van der Waals surface area contributed by atoms with E-state index in [2.05, 4.69) is 9.97 Å². The van der Waals surface area contributed by atoms with E-state index in [1.165, 1.54) is 18.3 Å². The predicted octanol–water partition coefficient (Wildman–Crippen LogP) is 6.17. The minimum absolute atomic E-state index is 0.318. The second-order valence-electron chi connectivity index (χ2n) is 6.85. The molecule has 6 heteroatoms. The van der Waals surface area contributed by atoms with Crippen molar-refractivity contribution >= 4 is 11.0 Å². The average molecular weight is 401 g/mol. The van der Waals surface area contributed by atoms with Crippen molar-refractivity contribution in [2.75, 3.05) is 0 Å². The quantitative estimate of drug-likeness (QED) is 0.362. The number of hydrogen-bond acceptors (Lipinski definition) is 2. The summed E-state index contributed by atoms with van der Waals surface area (Å²) >= 11 is 0. The molecule has 0 amide bonds. The Morgan fingerprint density at radius 2 is 1.57 bits per heavy atom. The van der Waals surface area contributed by atoms with Crippen molar-refractivity contribution in [3.05, 3.63) is 103 Å². The first-order chi connectivity index (χ1) is 14.6. The normalized spacial score (nSPS) is 11.2. The molecule has 0 radical (unpaired) electrons. The van der Waals surface area contributed by atoms with Crippen LogP contribution in [0.2, 0.25) is 0 Å². The van der Waals surface area contributed by atoms with Gasteiger partial charge < -0.3 is 0 Å². The van der Waals surface area contributed by atoms with Crippen molar-refractivity contribution < 1.29 is 13.2 Å². The molecule has 0 atom stereocenters. The van der Waals surface area contributed by atoms with Crippen molar-refractivity contribution in [3.63, 3.8) is 0 Å². The van der Waals surface area contributed by atoms with Crippen LogP contribution in [0.5, 0.6) is 0 Å². The van der Waals surface area contributed by atoms with Gasteiger partial charge in [0.1, 0.15) is 23.8 Å².